The minimum Gasteiger partial charge on any atom is -0.303 e. The SMILES string of the molecule is O=CC(CI)c1ccccc1. The highest BCUT2D eigenvalue weighted by Gasteiger charge is 2.06. The van der Waals surface area contributed by atoms with Gasteiger partial charge in [-0.05, 0) is 5.56 Å². The van der Waals surface area contributed by atoms with Crippen LogP contribution in [0.2, 0.25) is 0 Å². The molecule has 11 heavy (non-hydrogen) atoms. The fraction of sp³-hybridized carbons (Fsp3) is 0.222. The van der Waals surface area contributed by atoms with Crippen LogP contribution >= 0.6 is 22.6 Å². The van der Waals surface area contributed by atoms with Crippen molar-refractivity contribution in [2.75, 3.05) is 4.43 Å². The van der Waals surface area contributed by atoms with Gasteiger partial charge in [0.25, 0.3) is 0 Å². The summed E-state index contributed by atoms with van der Waals surface area (Å²) in [5.41, 5.74) is 1.11. The van der Waals surface area contributed by atoms with Crippen LogP contribution in [0.1, 0.15) is 11.5 Å². The number of hydrogen-bond donors (Lipinski definition) is 0. The molecule has 0 spiro atoms. The lowest BCUT2D eigenvalue weighted by molar-refractivity contribution is -0.108. The maximum Gasteiger partial charge on any atom is 0.128 e. The molecule has 0 bridgehead atoms. The van der Waals surface area contributed by atoms with Crippen LogP contribution in [0.3, 0.4) is 0 Å². The Bertz CT molecular complexity index is 220. The molecule has 0 aliphatic heterocycles. The molecule has 1 rings (SSSR count). The molecule has 0 heterocycles. The summed E-state index contributed by atoms with van der Waals surface area (Å²) in [5, 5.41) is 0. The normalized spacial score (nSPS) is 12.5. The van der Waals surface area contributed by atoms with Crippen molar-refractivity contribution in [3.05, 3.63) is 35.9 Å². The number of carbonyl (C=O) groups excluding carboxylic acids is 1. The van der Waals surface area contributed by atoms with Crippen LogP contribution in [-0.2, 0) is 4.79 Å². The van der Waals surface area contributed by atoms with Crippen molar-refractivity contribution in [1.29, 1.82) is 0 Å². The second kappa shape index (κ2) is 4.49. The molecule has 2 heteroatoms. The summed E-state index contributed by atoms with van der Waals surface area (Å²) in [6.07, 6.45) is 1.00. The molecule has 58 valence electrons. The van der Waals surface area contributed by atoms with Crippen LogP contribution in [0.25, 0.3) is 0 Å². The Kier molecular flexibility index (Phi) is 3.56. The number of aldehydes is 1. The lowest BCUT2D eigenvalue weighted by Crippen LogP contribution is -2.00. The molecule has 0 radical (unpaired) electrons. The first-order valence-corrected chi connectivity index (χ1v) is 4.97. The predicted molar refractivity (Wildman–Crippen MR) is 54.1 cm³/mol. The van der Waals surface area contributed by atoms with Crippen molar-refractivity contribution in [1.82, 2.24) is 0 Å². The molecule has 0 saturated heterocycles. The van der Waals surface area contributed by atoms with Gasteiger partial charge in [0.1, 0.15) is 6.29 Å². The maximum absolute atomic E-state index is 10.5. The van der Waals surface area contributed by atoms with Gasteiger partial charge >= 0.3 is 0 Å². The lowest BCUT2D eigenvalue weighted by Gasteiger charge is -2.04. The third-order valence-electron chi connectivity index (χ3n) is 1.56. The number of carbonyl (C=O) groups is 1. The number of hydrogen-bond acceptors (Lipinski definition) is 1. The van der Waals surface area contributed by atoms with Gasteiger partial charge in [-0.2, -0.15) is 0 Å². The Hall–Kier alpha value is -0.380. The highest BCUT2D eigenvalue weighted by atomic mass is 127. The van der Waals surface area contributed by atoms with E-state index in [4.69, 9.17) is 0 Å². The monoisotopic (exact) mass is 260 g/mol. The van der Waals surface area contributed by atoms with Crippen molar-refractivity contribution >= 4 is 28.9 Å². The topological polar surface area (TPSA) is 17.1 Å². The van der Waals surface area contributed by atoms with Crippen molar-refractivity contribution in [2.45, 2.75) is 5.92 Å². The molecule has 1 nitrogen and oxygen atoms in total. The summed E-state index contributed by atoms with van der Waals surface area (Å²) >= 11 is 2.22. The third-order valence-corrected chi connectivity index (χ3v) is 2.51. The van der Waals surface area contributed by atoms with Gasteiger partial charge in [0.05, 0.1) is 0 Å². The molecule has 0 fully saturated rings. The second-order valence-corrected chi connectivity index (χ2v) is 3.19. The third kappa shape index (κ3) is 2.29. The van der Waals surface area contributed by atoms with Gasteiger partial charge < -0.3 is 4.79 Å². The van der Waals surface area contributed by atoms with Gasteiger partial charge in [-0.15, -0.1) is 0 Å². The lowest BCUT2D eigenvalue weighted by atomic mass is 10.0. The minimum atomic E-state index is 0.0665. The van der Waals surface area contributed by atoms with Crippen LogP contribution in [0.5, 0.6) is 0 Å². The standard InChI is InChI=1S/C9H9IO/c10-6-9(7-11)8-4-2-1-3-5-8/h1-5,7,9H,6H2. The molecule has 0 aliphatic carbocycles. The molecular formula is C9H9IO. The first kappa shape index (κ1) is 8.71. The van der Waals surface area contributed by atoms with Gasteiger partial charge in [-0.3, -0.25) is 0 Å². The largest absolute Gasteiger partial charge is 0.303 e. The molecular weight excluding hydrogens is 251 g/mol. The summed E-state index contributed by atoms with van der Waals surface area (Å²) in [5.74, 6) is 0.0665. The Morgan fingerprint density at radius 2 is 2.00 bits per heavy atom. The number of alkyl halides is 1. The zero-order valence-electron chi connectivity index (χ0n) is 6.03. The van der Waals surface area contributed by atoms with Crippen LogP contribution in [0, 0.1) is 0 Å². The van der Waals surface area contributed by atoms with Crippen molar-refractivity contribution in [3.8, 4) is 0 Å². The molecule has 0 aromatic heterocycles. The first-order valence-electron chi connectivity index (χ1n) is 3.44. The van der Waals surface area contributed by atoms with Crippen LogP contribution in [-0.4, -0.2) is 10.7 Å². The Morgan fingerprint density at radius 3 is 2.45 bits per heavy atom. The quantitative estimate of drug-likeness (QED) is 0.463. The van der Waals surface area contributed by atoms with Crippen molar-refractivity contribution in [3.63, 3.8) is 0 Å². The molecule has 0 aliphatic rings. The van der Waals surface area contributed by atoms with E-state index in [0.717, 1.165) is 16.3 Å². The van der Waals surface area contributed by atoms with E-state index in [-0.39, 0.29) is 5.92 Å². The zero-order chi connectivity index (χ0) is 8.10. The Balaban J connectivity index is 2.82. The summed E-state index contributed by atoms with van der Waals surface area (Å²) in [7, 11) is 0. The first-order chi connectivity index (χ1) is 5.38. The van der Waals surface area contributed by atoms with E-state index >= 15 is 0 Å². The number of rotatable bonds is 3. The smallest absolute Gasteiger partial charge is 0.128 e. The molecule has 1 aromatic carbocycles. The van der Waals surface area contributed by atoms with E-state index in [0.29, 0.717) is 0 Å². The molecule has 1 unspecified atom stereocenters. The highest BCUT2D eigenvalue weighted by Crippen LogP contribution is 2.14. The summed E-state index contributed by atoms with van der Waals surface area (Å²) in [6, 6.07) is 9.84. The molecule has 1 aromatic rings. The van der Waals surface area contributed by atoms with Gasteiger partial charge in [-0.1, -0.05) is 52.9 Å². The van der Waals surface area contributed by atoms with E-state index < -0.39 is 0 Å². The van der Waals surface area contributed by atoms with Gasteiger partial charge in [-0.25, -0.2) is 0 Å². The van der Waals surface area contributed by atoms with Crippen molar-refractivity contribution in [2.24, 2.45) is 0 Å². The highest BCUT2D eigenvalue weighted by molar-refractivity contribution is 14.1. The van der Waals surface area contributed by atoms with Crippen LogP contribution in [0.4, 0.5) is 0 Å². The van der Waals surface area contributed by atoms with Gasteiger partial charge in [0.15, 0.2) is 0 Å². The number of benzene rings is 1. The molecule has 0 N–H and O–H groups in total. The molecule has 0 amide bonds. The Morgan fingerprint density at radius 1 is 1.36 bits per heavy atom. The predicted octanol–water partition coefficient (Wildman–Crippen LogP) is 2.40. The summed E-state index contributed by atoms with van der Waals surface area (Å²) in [4.78, 5) is 10.5. The second-order valence-electron chi connectivity index (χ2n) is 2.31. The molecule has 1 atom stereocenters. The van der Waals surface area contributed by atoms with Crippen molar-refractivity contribution < 1.29 is 4.79 Å². The average Bonchev–Trinajstić information content (AvgIpc) is 2.09. The minimum absolute atomic E-state index is 0.0665. The summed E-state index contributed by atoms with van der Waals surface area (Å²) in [6.45, 7) is 0. The van der Waals surface area contributed by atoms with E-state index in [1.54, 1.807) is 0 Å². The van der Waals surface area contributed by atoms with Crippen LogP contribution < -0.4 is 0 Å². The fourth-order valence-electron chi connectivity index (χ4n) is 0.904. The van der Waals surface area contributed by atoms with E-state index in [2.05, 4.69) is 22.6 Å². The fourth-order valence-corrected chi connectivity index (χ4v) is 1.62. The summed E-state index contributed by atoms with van der Waals surface area (Å²) < 4.78 is 0.852. The van der Waals surface area contributed by atoms with E-state index in [1.165, 1.54) is 0 Å². The Labute approximate surface area is 79.9 Å². The average molecular weight is 260 g/mol. The van der Waals surface area contributed by atoms with Crippen LogP contribution in [0.15, 0.2) is 30.3 Å². The maximum atomic E-state index is 10.5. The van der Waals surface area contributed by atoms with E-state index in [9.17, 15) is 4.79 Å². The van der Waals surface area contributed by atoms with E-state index in [1.807, 2.05) is 30.3 Å². The van der Waals surface area contributed by atoms with Gasteiger partial charge in [0, 0.05) is 10.3 Å². The number of halogens is 1. The molecule has 0 saturated carbocycles. The zero-order valence-corrected chi connectivity index (χ0v) is 8.19. The van der Waals surface area contributed by atoms with Gasteiger partial charge in [0.2, 0.25) is 0 Å².